The van der Waals surface area contributed by atoms with Crippen LogP contribution >= 0.6 is 0 Å². The van der Waals surface area contributed by atoms with E-state index in [1.165, 1.54) is 144 Å². The van der Waals surface area contributed by atoms with Gasteiger partial charge in [-0.1, -0.05) is 227 Å². The van der Waals surface area contributed by atoms with Gasteiger partial charge >= 0.3 is 0 Å². The lowest BCUT2D eigenvalue weighted by molar-refractivity contribution is 0.600. The first-order valence-corrected chi connectivity index (χ1v) is 34.5. The normalized spacial score (nSPS) is 16.1. The van der Waals surface area contributed by atoms with Crippen molar-refractivity contribution < 1.29 is 13.3 Å². The number of para-hydroxylation sites is 3. The zero-order valence-corrected chi connectivity index (χ0v) is 56.2. The minimum atomic E-state index is -0.398. The van der Waals surface area contributed by atoms with Crippen LogP contribution in [-0.4, -0.2) is 0 Å². The molecule has 5 aliphatic carbocycles. The van der Waals surface area contributed by atoms with Crippen LogP contribution in [0.4, 0.5) is 17.1 Å². The van der Waals surface area contributed by atoms with Crippen molar-refractivity contribution in [3.8, 4) is 77.9 Å². The molecular weight excluding hydrogens is 1180 g/mol. The van der Waals surface area contributed by atoms with Gasteiger partial charge in [0.2, 0.25) is 0 Å². The summed E-state index contributed by atoms with van der Waals surface area (Å²) in [5.41, 5.74) is 38.2. The topological polar surface area (TPSA) is 42.7 Å². The molecule has 16 aromatic rings. The van der Waals surface area contributed by atoms with Crippen molar-refractivity contribution in [1.29, 1.82) is 0 Å². The van der Waals surface area contributed by atoms with E-state index < -0.39 is 10.8 Å². The van der Waals surface area contributed by atoms with Gasteiger partial charge in [0.1, 0.15) is 33.5 Å². The number of rotatable bonds is 5. The third kappa shape index (κ3) is 6.93. The van der Waals surface area contributed by atoms with Crippen molar-refractivity contribution in [1.82, 2.24) is 0 Å². The first kappa shape index (κ1) is 55.4. The van der Waals surface area contributed by atoms with E-state index in [1.807, 2.05) is 0 Å². The molecule has 0 bridgehead atoms. The van der Waals surface area contributed by atoms with Crippen LogP contribution in [0.25, 0.3) is 144 Å². The van der Waals surface area contributed by atoms with E-state index in [0.717, 1.165) is 72.5 Å². The van der Waals surface area contributed by atoms with Crippen molar-refractivity contribution in [2.24, 2.45) is 0 Å². The van der Waals surface area contributed by atoms with Crippen LogP contribution in [0, 0.1) is 0 Å². The molecule has 0 saturated carbocycles. The molecule has 0 aliphatic heterocycles. The van der Waals surface area contributed by atoms with Gasteiger partial charge in [0, 0.05) is 87.6 Å². The molecular formula is C93H69NO3. The molecule has 21 rings (SSSR count). The van der Waals surface area contributed by atoms with Gasteiger partial charge in [-0.2, -0.15) is 0 Å². The number of fused-ring (bicyclic) bond motifs is 29. The van der Waals surface area contributed by atoms with Gasteiger partial charge in [-0.15, -0.1) is 0 Å². The van der Waals surface area contributed by atoms with Crippen molar-refractivity contribution in [2.45, 2.75) is 96.3 Å². The predicted octanol–water partition coefficient (Wildman–Crippen LogP) is 25.7. The lowest BCUT2D eigenvalue weighted by atomic mass is 9.72. The maximum absolute atomic E-state index is 7.13. The Hall–Kier alpha value is -10.9. The fourth-order valence-corrected chi connectivity index (χ4v) is 19.4. The second-order valence-electron chi connectivity index (χ2n) is 31.0. The van der Waals surface area contributed by atoms with E-state index in [9.17, 15) is 0 Å². The summed E-state index contributed by atoms with van der Waals surface area (Å²) in [5, 5.41) is 7.06. The molecule has 464 valence electrons. The number of benzene rings is 13. The average molecular weight is 1250 g/mol. The third-order valence-electron chi connectivity index (χ3n) is 24.2. The minimum Gasteiger partial charge on any atom is -0.456 e. The summed E-state index contributed by atoms with van der Waals surface area (Å²) in [6.45, 7) is 24.4. The molecule has 13 aromatic carbocycles. The highest BCUT2D eigenvalue weighted by atomic mass is 16.3. The van der Waals surface area contributed by atoms with Gasteiger partial charge in [-0.3, -0.25) is 0 Å². The lowest BCUT2D eigenvalue weighted by Crippen LogP contribution is -2.24. The Morgan fingerprint density at radius 2 is 0.670 bits per heavy atom. The highest BCUT2D eigenvalue weighted by Gasteiger charge is 2.50. The van der Waals surface area contributed by atoms with E-state index in [4.69, 9.17) is 13.3 Å². The maximum atomic E-state index is 7.13. The van der Waals surface area contributed by atoms with Crippen LogP contribution in [0.5, 0.6) is 0 Å². The summed E-state index contributed by atoms with van der Waals surface area (Å²) in [5.74, 6) is 0. The summed E-state index contributed by atoms with van der Waals surface area (Å²) in [6.07, 6.45) is 0. The van der Waals surface area contributed by atoms with Crippen LogP contribution in [0.2, 0.25) is 0 Å². The molecule has 3 aromatic heterocycles. The molecule has 0 amide bonds. The zero-order valence-electron chi connectivity index (χ0n) is 56.2. The Balaban J connectivity index is 0.770. The Morgan fingerprint density at radius 1 is 0.237 bits per heavy atom. The Kier molecular flexibility index (Phi) is 10.5. The fourth-order valence-electron chi connectivity index (χ4n) is 19.4. The minimum absolute atomic E-state index is 0.222. The number of furan rings is 3. The lowest BCUT2D eigenvalue weighted by Gasteiger charge is -2.32. The van der Waals surface area contributed by atoms with Gasteiger partial charge in [-0.25, -0.2) is 0 Å². The van der Waals surface area contributed by atoms with Gasteiger partial charge in [-0.05, 0) is 201 Å². The van der Waals surface area contributed by atoms with E-state index in [2.05, 4.69) is 311 Å². The van der Waals surface area contributed by atoms with Crippen LogP contribution in [0.15, 0.2) is 250 Å². The van der Waals surface area contributed by atoms with E-state index >= 15 is 0 Å². The Labute approximate surface area is 564 Å². The van der Waals surface area contributed by atoms with Crippen molar-refractivity contribution in [2.75, 3.05) is 4.90 Å². The molecule has 4 heteroatoms. The van der Waals surface area contributed by atoms with Gasteiger partial charge in [0.05, 0.1) is 0 Å². The zero-order chi connectivity index (χ0) is 65.3. The van der Waals surface area contributed by atoms with E-state index in [0.29, 0.717) is 0 Å². The van der Waals surface area contributed by atoms with Gasteiger partial charge in [0.15, 0.2) is 0 Å². The summed E-state index contributed by atoms with van der Waals surface area (Å²) in [4.78, 5) is 2.58. The van der Waals surface area contributed by atoms with E-state index in [-0.39, 0.29) is 16.2 Å². The quantitative estimate of drug-likeness (QED) is 0.172. The predicted molar refractivity (Wildman–Crippen MR) is 402 cm³/mol. The standard InChI is InChI=1S/C93H69NO3/c1-89(2)67-42-43-77-80(60-25-15-19-29-74(60)95-77)79(67)65-49-71-64(48-72(65)89)56-39-36-53(44-68(56)90(71,3)4)94(55-38-41-59-70(46-55)93(9,10)85-81(59)83-62-27-17-21-31-76(62)97-88(83)84-57-24-14-18-28-66(57)92(7,8)86(84)85)54-37-40-58-69(45-54)91(5,6)73-47-63(52-34-32-51(33-35-52)50-22-12-11-13-23-50)87-82(78(58)73)61-26-16-20-30-75(61)96-87/h11-49H,1-10H3. The van der Waals surface area contributed by atoms with Crippen molar-refractivity contribution >= 4 is 82.9 Å². The highest BCUT2D eigenvalue weighted by molar-refractivity contribution is 6.22. The molecule has 0 N–H and O–H groups in total. The summed E-state index contributed by atoms with van der Waals surface area (Å²) in [6, 6.07) is 88.8. The monoisotopic (exact) mass is 1250 g/mol. The molecule has 3 heterocycles. The van der Waals surface area contributed by atoms with Crippen LogP contribution < -0.4 is 4.90 Å². The number of hydrogen-bond donors (Lipinski definition) is 0. The molecule has 0 atom stereocenters. The van der Waals surface area contributed by atoms with Gasteiger partial charge < -0.3 is 18.2 Å². The summed E-state index contributed by atoms with van der Waals surface area (Å²) in [7, 11) is 0. The second kappa shape index (κ2) is 18.3. The first-order valence-electron chi connectivity index (χ1n) is 34.5. The van der Waals surface area contributed by atoms with Gasteiger partial charge in [0.25, 0.3) is 0 Å². The smallest absolute Gasteiger partial charge is 0.144 e. The summed E-state index contributed by atoms with van der Waals surface area (Å²) >= 11 is 0. The van der Waals surface area contributed by atoms with Crippen molar-refractivity contribution in [3.63, 3.8) is 0 Å². The molecule has 0 spiro atoms. The third-order valence-corrected chi connectivity index (χ3v) is 24.2. The van der Waals surface area contributed by atoms with Crippen LogP contribution in [0.3, 0.4) is 0 Å². The second-order valence-corrected chi connectivity index (χ2v) is 31.0. The maximum Gasteiger partial charge on any atom is 0.144 e. The Bertz CT molecular complexity index is 6270. The molecule has 97 heavy (non-hydrogen) atoms. The summed E-state index contributed by atoms with van der Waals surface area (Å²) < 4.78 is 20.8. The SMILES string of the molecule is CC1(C)c2cc(N(c3ccc4c(c3)C(C)(C)c3cc(-c5ccc(-c6ccccc6)cc5)c5oc6ccccc6c5c3-4)c3ccc4c(c3)C(C)(C)c3c5c(c6oc7ccccc7c6c3-4)-c3ccccc3C5(C)C)ccc2-c2cc3c(cc21)-c1c(ccc2oc4ccccc4c12)C3(C)C. The fraction of sp³-hybridized carbons (Fsp3) is 0.161. The largest absolute Gasteiger partial charge is 0.456 e. The highest BCUT2D eigenvalue weighted by Crippen LogP contribution is 2.65. The number of hydrogen-bond acceptors (Lipinski definition) is 4. The van der Waals surface area contributed by atoms with Crippen LogP contribution in [0.1, 0.15) is 125 Å². The van der Waals surface area contributed by atoms with E-state index in [1.54, 1.807) is 0 Å². The Morgan fingerprint density at radius 3 is 1.35 bits per heavy atom. The molecule has 0 radical (unpaired) electrons. The molecule has 0 fully saturated rings. The molecule has 4 nitrogen and oxygen atoms in total. The molecule has 0 unspecified atom stereocenters. The molecule has 0 saturated heterocycles. The van der Waals surface area contributed by atoms with Crippen LogP contribution in [-0.2, 0) is 27.1 Å². The molecule has 5 aliphatic rings. The first-order chi connectivity index (χ1) is 46.9. The van der Waals surface area contributed by atoms with Crippen molar-refractivity contribution in [3.05, 3.63) is 292 Å². The number of nitrogens with zero attached hydrogens (tertiary/aromatic N) is 1. The number of anilines is 3. The average Bonchev–Trinajstić information content (AvgIpc) is 1.50.